The van der Waals surface area contributed by atoms with Crippen molar-refractivity contribution in [2.24, 2.45) is 5.73 Å². The number of rotatable bonds is 3. The summed E-state index contributed by atoms with van der Waals surface area (Å²) in [5, 5.41) is 4.67. The number of nitrogens with two attached hydrogens (primary N) is 1. The van der Waals surface area contributed by atoms with E-state index < -0.39 is 0 Å². The van der Waals surface area contributed by atoms with E-state index in [0.717, 1.165) is 23.2 Å². The van der Waals surface area contributed by atoms with E-state index in [9.17, 15) is 0 Å². The predicted molar refractivity (Wildman–Crippen MR) is 59.7 cm³/mol. The van der Waals surface area contributed by atoms with Crippen molar-refractivity contribution in [2.45, 2.75) is 6.42 Å². The summed E-state index contributed by atoms with van der Waals surface area (Å²) in [7, 11) is 0. The number of hydrogen-bond donors (Lipinski definition) is 1. The Morgan fingerprint density at radius 3 is 2.67 bits per heavy atom. The molecule has 0 saturated heterocycles. The van der Waals surface area contributed by atoms with Gasteiger partial charge in [0.25, 0.3) is 0 Å². The highest BCUT2D eigenvalue weighted by Crippen LogP contribution is 2.23. The molecule has 3 nitrogen and oxygen atoms in total. The Balaban J connectivity index is 2.36. The highest BCUT2D eigenvalue weighted by atomic mass is 35.5. The van der Waals surface area contributed by atoms with Gasteiger partial charge in [-0.1, -0.05) is 28.9 Å². The number of nitrogens with zero attached hydrogens (tertiary/aromatic N) is 1. The Bertz CT molecular complexity index is 436. The van der Waals surface area contributed by atoms with Crippen LogP contribution in [0.5, 0.6) is 0 Å². The van der Waals surface area contributed by atoms with E-state index in [1.54, 1.807) is 6.26 Å². The van der Waals surface area contributed by atoms with Gasteiger partial charge in [0.05, 0.1) is 0 Å². The molecule has 4 heteroatoms. The average Bonchev–Trinajstić information content (AvgIpc) is 2.68. The van der Waals surface area contributed by atoms with E-state index in [1.165, 1.54) is 0 Å². The molecule has 1 heterocycles. The predicted octanol–water partition coefficient (Wildman–Crippen LogP) is 2.50. The molecule has 78 valence electrons. The van der Waals surface area contributed by atoms with E-state index in [1.807, 2.05) is 24.3 Å². The zero-order valence-electron chi connectivity index (χ0n) is 8.11. The van der Waals surface area contributed by atoms with Crippen molar-refractivity contribution in [3.8, 4) is 11.3 Å². The molecule has 0 spiro atoms. The van der Waals surface area contributed by atoms with Gasteiger partial charge < -0.3 is 10.3 Å². The molecular weight excluding hydrogens is 212 g/mol. The van der Waals surface area contributed by atoms with Gasteiger partial charge in [0.2, 0.25) is 0 Å². The Hall–Kier alpha value is -1.32. The third kappa shape index (κ3) is 2.19. The number of aromatic nitrogens is 1. The highest BCUT2D eigenvalue weighted by Gasteiger charge is 2.08. The van der Waals surface area contributed by atoms with Crippen molar-refractivity contribution >= 4 is 11.6 Å². The molecule has 0 bridgehead atoms. The summed E-state index contributed by atoms with van der Waals surface area (Å²) in [6.45, 7) is 0.585. The molecule has 0 saturated carbocycles. The minimum absolute atomic E-state index is 0.585. The number of hydrogen-bond acceptors (Lipinski definition) is 3. The summed E-state index contributed by atoms with van der Waals surface area (Å²) >= 11 is 5.81. The van der Waals surface area contributed by atoms with Crippen LogP contribution in [0.25, 0.3) is 11.3 Å². The van der Waals surface area contributed by atoms with Crippen LogP contribution in [0.15, 0.2) is 35.1 Å². The van der Waals surface area contributed by atoms with Crippen LogP contribution in [0.1, 0.15) is 5.56 Å². The first-order valence-corrected chi connectivity index (χ1v) is 5.08. The van der Waals surface area contributed by atoms with E-state index in [4.69, 9.17) is 21.9 Å². The molecule has 1 aromatic heterocycles. The summed E-state index contributed by atoms with van der Waals surface area (Å²) in [5.74, 6) is 0. The average molecular weight is 223 g/mol. The molecular formula is C11H11ClN2O. The fourth-order valence-electron chi connectivity index (χ4n) is 1.44. The molecule has 0 aliphatic heterocycles. The third-order valence-corrected chi connectivity index (χ3v) is 2.43. The van der Waals surface area contributed by atoms with Crippen LogP contribution in [0.4, 0.5) is 0 Å². The lowest BCUT2D eigenvalue weighted by Gasteiger charge is -1.99. The quantitative estimate of drug-likeness (QED) is 0.868. The minimum Gasteiger partial charge on any atom is -0.364 e. The molecule has 0 fully saturated rings. The summed E-state index contributed by atoms with van der Waals surface area (Å²) in [4.78, 5) is 0. The molecule has 0 aliphatic carbocycles. The van der Waals surface area contributed by atoms with Crippen molar-refractivity contribution in [3.63, 3.8) is 0 Å². The normalized spacial score (nSPS) is 10.5. The Morgan fingerprint density at radius 2 is 2.00 bits per heavy atom. The van der Waals surface area contributed by atoms with Crippen LogP contribution in [-0.4, -0.2) is 11.7 Å². The van der Waals surface area contributed by atoms with E-state index in [2.05, 4.69) is 5.16 Å². The van der Waals surface area contributed by atoms with Gasteiger partial charge in [0, 0.05) is 16.1 Å². The summed E-state index contributed by atoms with van der Waals surface area (Å²) in [6, 6.07) is 7.50. The monoisotopic (exact) mass is 222 g/mol. The molecule has 1 aromatic carbocycles. The first-order valence-electron chi connectivity index (χ1n) is 4.70. The zero-order valence-corrected chi connectivity index (χ0v) is 8.87. The molecule has 2 rings (SSSR count). The number of benzene rings is 1. The van der Waals surface area contributed by atoms with E-state index in [0.29, 0.717) is 11.6 Å². The van der Waals surface area contributed by atoms with E-state index in [-0.39, 0.29) is 0 Å². The van der Waals surface area contributed by atoms with Crippen LogP contribution in [0, 0.1) is 0 Å². The van der Waals surface area contributed by atoms with Crippen molar-refractivity contribution in [3.05, 3.63) is 41.1 Å². The molecule has 2 N–H and O–H groups in total. The molecule has 0 amide bonds. The standard InChI is InChI=1S/C11H11ClN2O/c12-10-3-1-8(2-4-10)11-9(5-6-13)7-15-14-11/h1-4,7H,5-6,13H2. The van der Waals surface area contributed by atoms with Crippen molar-refractivity contribution in [1.82, 2.24) is 5.16 Å². The second kappa shape index (κ2) is 4.47. The van der Waals surface area contributed by atoms with Gasteiger partial charge in [-0.2, -0.15) is 0 Å². The molecule has 0 aliphatic rings. The Labute approximate surface area is 92.8 Å². The fourth-order valence-corrected chi connectivity index (χ4v) is 1.56. The molecule has 15 heavy (non-hydrogen) atoms. The first kappa shape index (κ1) is 10.2. The SMILES string of the molecule is NCCc1conc1-c1ccc(Cl)cc1. The Morgan fingerprint density at radius 1 is 1.27 bits per heavy atom. The van der Waals surface area contributed by atoms with Crippen LogP contribution in [0.2, 0.25) is 5.02 Å². The van der Waals surface area contributed by atoms with Crippen LogP contribution in [0.3, 0.4) is 0 Å². The van der Waals surface area contributed by atoms with Crippen LogP contribution in [-0.2, 0) is 6.42 Å². The Kier molecular flexibility index (Phi) is 3.04. The van der Waals surface area contributed by atoms with Gasteiger partial charge in [0.1, 0.15) is 12.0 Å². The smallest absolute Gasteiger partial charge is 0.127 e. The van der Waals surface area contributed by atoms with Crippen LogP contribution < -0.4 is 5.73 Å². The fraction of sp³-hybridized carbons (Fsp3) is 0.182. The lowest BCUT2D eigenvalue weighted by Crippen LogP contribution is -2.02. The maximum absolute atomic E-state index is 5.81. The van der Waals surface area contributed by atoms with Gasteiger partial charge >= 0.3 is 0 Å². The summed E-state index contributed by atoms with van der Waals surface area (Å²) in [6.07, 6.45) is 2.40. The number of halogens is 1. The van der Waals surface area contributed by atoms with Gasteiger partial charge in [-0.15, -0.1) is 0 Å². The van der Waals surface area contributed by atoms with Crippen molar-refractivity contribution < 1.29 is 4.52 Å². The largest absolute Gasteiger partial charge is 0.364 e. The maximum Gasteiger partial charge on any atom is 0.127 e. The van der Waals surface area contributed by atoms with E-state index >= 15 is 0 Å². The first-order chi connectivity index (χ1) is 7.31. The topological polar surface area (TPSA) is 52.0 Å². The van der Waals surface area contributed by atoms with Gasteiger partial charge in [0.15, 0.2) is 0 Å². The highest BCUT2D eigenvalue weighted by molar-refractivity contribution is 6.30. The van der Waals surface area contributed by atoms with Crippen molar-refractivity contribution in [1.29, 1.82) is 0 Å². The van der Waals surface area contributed by atoms with Gasteiger partial charge in [-0.25, -0.2) is 0 Å². The molecule has 0 radical (unpaired) electrons. The second-order valence-electron chi connectivity index (χ2n) is 3.23. The maximum atomic E-state index is 5.81. The third-order valence-electron chi connectivity index (χ3n) is 2.17. The summed E-state index contributed by atoms with van der Waals surface area (Å²) < 4.78 is 4.94. The molecule has 0 atom stereocenters. The second-order valence-corrected chi connectivity index (χ2v) is 3.67. The van der Waals surface area contributed by atoms with Crippen LogP contribution >= 0.6 is 11.6 Å². The minimum atomic E-state index is 0.585. The molecule has 0 unspecified atom stereocenters. The molecule has 2 aromatic rings. The van der Waals surface area contributed by atoms with Gasteiger partial charge in [-0.3, -0.25) is 0 Å². The summed E-state index contributed by atoms with van der Waals surface area (Å²) in [5.41, 5.74) is 8.37. The lowest BCUT2D eigenvalue weighted by molar-refractivity contribution is 0.421. The zero-order chi connectivity index (χ0) is 10.7. The van der Waals surface area contributed by atoms with Gasteiger partial charge in [-0.05, 0) is 25.1 Å². The van der Waals surface area contributed by atoms with Crippen molar-refractivity contribution in [2.75, 3.05) is 6.54 Å². The lowest BCUT2D eigenvalue weighted by atomic mass is 10.1.